The molecule has 1 aromatic heterocycles. The summed E-state index contributed by atoms with van der Waals surface area (Å²) < 4.78 is 9.06. The summed E-state index contributed by atoms with van der Waals surface area (Å²) in [5, 5.41) is 3.42. The molecule has 0 saturated carbocycles. The molecule has 0 saturated heterocycles. The summed E-state index contributed by atoms with van der Waals surface area (Å²) in [5.74, 6) is 0.996. The Morgan fingerprint density at radius 3 is 2.85 bits per heavy atom. The van der Waals surface area contributed by atoms with Gasteiger partial charge in [-0.15, -0.1) is 11.3 Å². The maximum atomic E-state index is 5.34. The van der Waals surface area contributed by atoms with Crippen LogP contribution in [-0.2, 0) is 0 Å². The summed E-state index contributed by atoms with van der Waals surface area (Å²) in [6, 6.07) is 4.30. The van der Waals surface area contributed by atoms with Crippen LogP contribution in [0.1, 0.15) is 0 Å². The Kier molecular flexibility index (Phi) is 2.99. The number of halogens is 2. The molecule has 0 N–H and O–H groups in total. The molecule has 0 bridgehead atoms. The first-order valence-electron chi connectivity index (χ1n) is 3.63. The number of hydrogen-bond acceptors (Lipinski definition) is 2. The van der Waals surface area contributed by atoms with E-state index >= 15 is 0 Å². The molecule has 13 heavy (non-hydrogen) atoms. The summed E-state index contributed by atoms with van der Waals surface area (Å²) in [7, 11) is 1.72. The molecular weight excluding hydrogens is 410 g/mol. The lowest BCUT2D eigenvalue weighted by molar-refractivity contribution is 0.409. The molecule has 0 aliphatic heterocycles. The highest BCUT2D eigenvalue weighted by molar-refractivity contribution is 14.1. The van der Waals surface area contributed by atoms with Gasteiger partial charge in [-0.05, 0) is 68.1 Å². The average Bonchev–Trinajstić information content (AvgIpc) is 2.53. The van der Waals surface area contributed by atoms with E-state index in [0.717, 1.165) is 5.75 Å². The third kappa shape index (κ3) is 1.68. The van der Waals surface area contributed by atoms with E-state index in [9.17, 15) is 0 Å². The lowest BCUT2D eigenvalue weighted by Gasteiger charge is -2.06. The second-order valence-electron chi connectivity index (χ2n) is 2.54. The van der Waals surface area contributed by atoms with Crippen LogP contribution in [0.4, 0.5) is 0 Å². The molecule has 0 fully saturated rings. The van der Waals surface area contributed by atoms with Crippen LogP contribution in [0.25, 0.3) is 10.1 Å². The quantitative estimate of drug-likeness (QED) is 0.636. The summed E-state index contributed by atoms with van der Waals surface area (Å²) in [4.78, 5) is 0. The third-order valence-corrected chi connectivity index (χ3v) is 4.94. The van der Waals surface area contributed by atoms with E-state index in [2.05, 4.69) is 62.7 Å². The maximum absolute atomic E-state index is 5.34. The lowest BCUT2D eigenvalue weighted by atomic mass is 10.2. The zero-order valence-electron chi connectivity index (χ0n) is 6.80. The fraction of sp³-hybridized carbons (Fsp3) is 0.111. The normalized spacial score (nSPS) is 10.7. The first kappa shape index (κ1) is 9.97. The van der Waals surface area contributed by atoms with E-state index in [1.807, 2.05) is 0 Å². The van der Waals surface area contributed by atoms with Gasteiger partial charge in [-0.25, -0.2) is 0 Å². The monoisotopic (exact) mass is 416 g/mol. The van der Waals surface area contributed by atoms with E-state index in [1.165, 1.54) is 17.2 Å². The van der Waals surface area contributed by atoms with Crippen LogP contribution in [0.3, 0.4) is 0 Å². The molecule has 1 aromatic carbocycles. The Hall–Kier alpha value is 0.440. The van der Waals surface area contributed by atoms with Crippen LogP contribution >= 0.6 is 56.5 Å². The van der Waals surface area contributed by atoms with Crippen LogP contribution in [-0.4, -0.2) is 7.11 Å². The number of ether oxygens (including phenoxy) is 1. The fourth-order valence-corrected chi connectivity index (χ4v) is 4.56. The van der Waals surface area contributed by atoms with Gasteiger partial charge < -0.3 is 4.74 Å². The van der Waals surface area contributed by atoms with Gasteiger partial charge in [0.15, 0.2) is 0 Å². The van der Waals surface area contributed by atoms with Crippen molar-refractivity contribution in [1.82, 2.24) is 0 Å². The highest BCUT2D eigenvalue weighted by Crippen LogP contribution is 2.36. The molecule has 1 nitrogen and oxygen atoms in total. The number of fused-ring (bicyclic) bond motifs is 1. The van der Waals surface area contributed by atoms with Crippen molar-refractivity contribution in [3.8, 4) is 5.75 Å². The van der Waals surface area contributed by atoms with Crippen LogP contribution in [0.5, 0.6) is 5.75 Å². The summed E-state index contributed by atoms with van der Waals surface area (Å²) in [6.45, 7) is 0. The number of thiophene rings is 1. The minimum Gasteiger partial charge on any atom is -0.494 e. The van der Waals surface area contributed by atoms with E-state index in [-0.39, 0.29) is 0 Å². The SMILES string of the molecule is COc1c(I)cc2ccsc2c1I. The molecule has 0 aliphatic rings. The van der Waals surface area contributed by atoms with Gasteiger partial charge in [-0.3, -0.25) is 0 Å². The second kappa shape index (κ2) is 3.90. The number of rotatable bonds is 1. The molecule has 0 amide bonds. The fourth-order valence-electron chi connectivity index (χ4n) is 1.21. The molecule has 0 spiro atoms. The van der Waals surface area contributed by atoms with Gasteiger partial charge in [-0.2, -0.15) is 0 Å². The Bertz CT molecular complexity index is 450. The van der Waals surface area contributed by atoms with Gasteiger partial charge in [0.05, 0.1) is 19.0 Å². The first-order chi connectivity index (χ1) is 6.24. The van der Waals surface area contributed by atoms with Gasteiger partial charge in [0.25, 0.3) is 0 Å². The van der Waals surface area contributed by atoms with E-state index < -0.39 is 0 Å². The smallest absolute Gasteiger partial charge is 0.146 e. The topological polar surface area (TPSA) is 9.23 Å². The molecular formula is C9H6I2OS. The Morgan fingerprint density at radius 1 is 1.38 bits per heavy atom. The van der Waals surface area contributed by atoms with Crippen molar-refractivity contribution in [1.29, 1.82) is 0 Å². The van der Waals surface area contributed by atoms with Crippen molar-refractivity contribution in [2.75, 3.05) is 7.11 Å². The van der Waals surface area contributed by atoms with Crippen molar-refractivity contribution in [3.05, 3.63) is 24.7 Å². The maximum Gasteiger partial charge on any atom is 0.146 e. The molecule has 68 valence electrons. The van der Waals surface area contributed by atoms with Crippen LogP contribution in [0.2, 0.25) is 0 Å². The molecule has 1 heterocycles. The molecule has 2 aromatic rings. The van der Waals surface area contributed by atoms with Gasteiger partial charge >= 0.3 is 0 Å². The summed E-state index contributed by atoms with van der Waals surface area (Å²) in [6.07, 6.45) is 0. The van der Waals surface area contributed by atoms with E-state index in [4.69, 9.17) is 4.74 Å². The van der Waals surface area contributed by atoms with Crippen LogP contribution < -0.4 is 4.74 Å². The molecule has 0 radical (unpaired) electrons. The van der Waals surface area contributed by atoms with Crippen LogP contribution in [0.15, 0.2) is 17.5 Å². The minimum atomic E-state index is 0.996. The largest absolute Gasteiger partial charge is 0.494 e. The molecule has 0 atom stereocenters. The van der Waals surface area contributed by atoms with Crippen LogP contribution in [0, 0.1) is 7.14 Å². The highest BCUT2D eigenvalue weighted by Gasteiger charge is 2.10. The molecule has 0 unspecified atom stereocenters. The zero-order chi connectivity index (χ0) is 9.42. The van der Waals surface area contributed by atoms with Crippen molar-refractivity contribution in [2.24, 2.45) is 0 Å². The van der Waals surface area contributed by atoms with Gasteiger partial charge in [0, 0.05) is 0 Å². The first-order valence-corrected chi connectivity index (χ1v) is 6.67. The second-order valence-corrected chi connectivity index (χ2v) is 5.70. The predicted molar refractivity (Wildman–Crippen MR) is 73.8 cm³/mol. The molecule has 0 aliphatic carbocycles. The van der Waals surface area contributed by atoms with Crippen molar-refractivity contribution in [2.45, 2.75) is 0 Å². The minimum absolute atomic E-state index is 0.996. The van der Waals surface area contributed by atoms with Gasteiger partial charge in [-0.1, -0.05) is 0 Å². The van der Waals surface area contributed by atoms with Crippen molar-refractivity contribution < 1.29 is 4.74 Å². The standard InChI is InChI=1S/C9H6I2OS/c1-12-8-6(10)4-5-2-3-13-9(5)7(8)11/h2-4H,1H3. The lowest BCUT2D eigenvalue weighted by Crippen LogP contribution is -1.90. The number of hydrogen-bond donors (Lipinski definition) is 0. The Morgan fingerprint density at radius 2 is 2.15 bits per heavy atom. The zero-order valence-corrected chi connectivity index (χ0v) is 11.9. The Balaban J connectivity index is 2.85. The molecule has 2 rings (SSSR count). The summed E-state index contributed by atoms with van der Waals surface area (Å²) in [5.41, 5.74) is 0. The predicted octanol–water partition coefficient (Wildman–Crippen LogP) is 4.12. The van der Waals surface area contributed by atoms with E-state index in [0.29, 0.717) is 0 Å². The number of benzene rings is 1. The van der Waals surface area contributed by atoms with Gasteiger partial charge in [0.2, 0.25) is 0 Å². The highest BCUT2D eigenvalue weighted by atomic mass is 127. The molecule has 4 heteroatoms. The number of methoxy groups -OCH3 is 1. The third-order valence-electron chi connectivity index (χ3n) is 1.80. The van der Waals surface area contributed by atoms with E-state index in [1.54, 1.807) is 18.4 Å². The van der Waals surface area contributed by atoms with Crippen molar-refractivity contribution >= 4 is 66.6 Å². The average molecular weight is 416 g/mol. The van der Waals surface area contributed by atoms with Crippen molar-refractivity contribution in [3.63, 3.8) is 0 Å². The van der Waals surface area contributed by atoms with Gasteiger partial charge in [0.1, 0.15) is 5.75 Å². The Labute approximate surface area is 108 Å². The summed E-state index contributed by atoms with van der Waals surface area (Å²) >= 11 is 6.41.